The third-order valence-corrected chi connectivity index (χ3v) is 4.62. The van der Waals surface area contributed by atoms with Crippen LogP contribution in [0.4, 0.5) is 0 Å². The van der Waals surface area contributed by atoms with Gasteiger partial charge in [0.15, 0.2) is 0 Å². The van der Waals surface area contributed by atoms with Gasteiger partial charge in [-0.05, 0) is 12.8 Å². The molecule has 1 saturated heterocycles. The van der Waals surface area contributed by atoms with Gasteiger partial charge in [0.1, 0.15) is 0 Å². The number of hydrogen-bond acceptors (Lipinski definition) is 3. The fourth-order valence-electron chi connectivity index (χ4n) is 1.35. The molecule has 4 nitrogen and oxygen atoms in total. The number of sulfonamides is 1. The van der Waals surface area contributed by atoms with E-state index in [1.54, 1.807) is 6.92 Å². The van der Waals surface area contributed by atoms with Crippen molar-refractivity contribution in [2.75, 3.05) is 18.8 Å². The molecule has 5 heteroatoms. The van der Waals surface area contributed by atoms with Crippen LogP contribution in [0, 0.1) is 5.92 Å². The zero-order valence-electron chi connectivity index (χ0n) is 8.45. The highest BCUT2D eigenvalue weighted by molar-refractivity contribution is 7.89. The number of hydrogen-bond donors (Lipinski definition) is 1. The molecule has 0 amide bonds. The molecule has 0 unspecified atom stereocenters. The summed E-state index contributed by atoms with van der Waals surface area (Å²) >= 11 is 0. The predicted octanol–water partition coefficient (Wildman–Crippen LogP) is 0.00520. The topological polar surface area (TPSA) is 63.4 Å². The maximum atomic E-state index is 11.4. The number of rotatable bonds is 3. The Morgan fingerprint density at radius 3 is 2.23 bits per heavy atom. The lowest BCUT2D eigenvalue weighted by molar-refractivity contribution is 0.111. The van der Waals surface area contributed by atoms with Gasteiger partial charge in [-0.15, -0.1) is 0 Å². The summed E-state index contributed by atoms with van der Waals surface area (Å²) in [4.78, 5) is 0. The Hall–Kier alpha value is -0.130. The van der Waals surface area contributed by atoms with Gasteiger partial charge < -0.3 is 5.73 Å². The second-order valence-corrected chi connectivity index (χ2v) is 6.31. The van der Waals surface area contributed by atoms with Crippen LogP contribution in [0.2, 0.25) is 0 Å². The van der Waals surface area contributed by atoms with Gasteiger partial charge in [0.05, 0.1) is 5.75 Å². The smallest absolute Gasteiger partial charge is 0.213 e. The van der Waals surface area contributed by atoms with Crippen molar-refractivity contribution in [2.24, 2.45) is 11.7 Å². The van der Waals surface area contributed by atoms with E-state index in [0.29, 0.717) is 19.0 Å². The maximum Gasteiger partial charge on any atom is 0.213 e. The molecule has 1 fully saturated rings. The Kier molecular flexibility index (Phi) is 2.71. The van der Waals surface area contributed by atoms with Crippen LogP contribution in [0.25, 0.3) is 0 Å². The molecule has 0 aromatic carbocycles. The maximum absolute atomic E-state index is 11.4. The van der Waals surface area contributed by atoms with E-state index in [-0.39, 0.29) is 11.3 Å². The number of nitrogens with zero attached hydrogens (tertiary/aromatic N) is 1. The molecule has 1 aliphatic heterocycles. The van der Waals surface area contributed by atoms with Crippen molar-refractivity contribution in [3.8, 4) is 0 Å². The molecule has 0 spiro atoms. The van der Waals surface area contributed by atoms with Crippen LogP contribution < -0.4 is 5.73 Å². The molecule has 0 radical (unpaired) electrons. The lowest BCUT2D eigenvalue weighted by Crippen LogP contribution is -2.71. The SMILES string of the molecule is CCS(=O)(=O)N1CC(N)(C(C)C)C1. The molecule has 1 aliphatic rings. The zero-order chi connectivity index (χ0) is 10.3. The molecule has 0 aromatic rings. The van der Waals surface area contributed by atoms with Crippen molar-refractivity contribution < 1.29 is 8.42 Å². The second-order valence-electron chi connectivity index (χ2n) is 4.06. The Morgan fingerprint density at radius 1 is 1.46 bits per heavy atom. The van der Waals surface area contributed by atoms with Crippen LogP contribution in [0.15, 0.2) is 0 Å². The van der Waals surface area contributed by atoms with Crippen LogP contribution in [-0.4, -0.2) is 37.1 Å². The minimum Gasteiger partial charge on any atom is -0.323 e. The number of nitrogens with two attached hydrogens (primary N) is 1. The molecule has 1 heterocycles. The summed E-state index contributed by atoms with van der Waals surface area (Å²) in [5.74, 6) is 0.497. The first kappa shape index (κ1) is 10.9. The van der Waals surface area contributed by atoms with E-state index in [4.69, 9.17) is 5.73 Å². The van der Waals surface area contributed by atoms with Crippen molar-refractivity contribution in [2.45, 2.75) is 26.3 Å². The largest absolute Gasteiger partial charge is 0.323 e. The van der Waals surface area contributed by atoms with Gasteiger partial charge >= 0.3 is 0 Å². The Bertz CT molecular complexity index is 279. The average molecular weight is 206 g/mol. The van der Waals surface area contributed by atoms with Crippen molar-refractivity contribution in [3.05, 3.63) is 0 Å². The fourth-order valence-corrected chi connectivity index (χ4v) is 2.59. The lowest BCUT2D eigenvalue weighted by Gasteiger charge is -2.49. The Labute approximate surface area is 80.1 Å². The summed E-state index contributed by atoms with van der Waals surface area (Å²) in [6, 6.07) is 0. The highest BCUT2D eigenvalue weighted by Crippen LogP contribution is 2.28. The van der Waals surface area contributed by atoms with Gasteiger partial charge in [-0.2, -0.15) is 4.31 Å². The van der Waals surface area contributed by atoms with Crippen LogP contribution in [0.3, 0.4) is 0 Å². The summed E-state index contributed by atoms with van der Waals surface area (Å²) in [5.41, 5.74) is 5.68. The van der Waals surface area contributed by atoms with E-state index in [9.17, 15) is 8.42 Å². The minimum absolute atomic E-state index is 0.168. The van der Waals surface area contributed by atoms with Crippen molar-refractivity contribution >= 4 is 10.0 Å². The van der Waals surface area contributed by atoms with Crippen LogP contribution in [0.5, 0.6) is 0 Å². The van der Waals surface area contributed by atoms with Gasteiger partial charge in [-0.25, -0.2) is 8.42 Å². The second kappa shape index (κ2) is 3.22. The van der Waals surface area contributed by atoms with Gasteiger partial charge in [0.25, 0.3) is 0 Å². The monoisotopic (exact) mass is 206 g/mol. The summed E-state index contributed by atoms with van der Waals surface area (Å²) < 4.78 is 24.2. The quantitative estimate of drug-likeness (QED) is 0.707. The summed E-state index contributed by atoms with van der Waals surface area (Å²) in [6.07, 6.45) is 0. The van der Waals surface area contributed by atoms with Crippen LogP contribution in [0.1, 0.15) is 20.8 Å². The first-order chi connectivity index (χ1) is 5.82. The van der Waals surface area contributed by atoms with Crippen LogP contribution in [-0.2, 0) is 10.0 Å². The first-order valence-electron chi connectivity index (χ1n) is 4.58. The first-order valence-corrected chi connectivity index (χ1v) is 6.19. The van der Waals surface area contributed by atoms with E-state index in [2.05, 4.69) is 0 Å². The highest BCUT2D eigenvalue weighted by atomic mass is 32.2. The molecule has 1 rings (SSSR count). The van der Waals surface area contributed by atoms with Gasteiger partial charge in [0.2, 0.25) is 10.0 Å². The van der Waals surface area contributed by atoms with Crippen LogP contribution >= 0.6 is 0 Å². The molecule has 0 atom stereocenters. The van der Waals surface area contributed by atoms with Crippen molar-refractivity contribution in [1.29, 1.82) is 0 Å². The van der Waals surface area contributed by atoms with E-state index < -0.39 is 10.0 Å². The predicted molar refractivity (Wildman–Crippen MR) is 52.8 cm³/mol. The molecule has 0 aromatic heterocycles. The molecule has 13 heavy (non-hydrogen) atoms. The third-order valence-electron chi connectivity index (χ3n) is 2.85. The molecule has 0 saturated carbocycles. The van der Waals surface area contributed by atoms with E-state index >= 15 is 0 Å². The van der Waals surface area contributed by atoms with Gasteiger partial charge in [-0.1, -0.05) is 13.8 Å². The molecular formula is C8H18N2O2S. The molecule has 0 aliphatic carbocycles. The molecular weight excluding hydrogens is 188 g/mol. The Balaban J connectivity index is 2.60. The Morgan fingerprint density at radius 2 is 1.92 bits per heavy atom. The average Bonchev–Trinajstić information content (AvgIpc) is 1.98. The normalized spacial score (nSPS) is 23.2. The highest BCUT2D eigenvalue weighted by Gasteiger charge is 2.46. The lowest BCUT2D eigenvalue weighted by atomic mass is 9.82. The van der Waals surface area contributed by atoms with E-state index in [0.717, 1.165) is 0 Å². The fraction of sp³-hybridized carbons (Fsp3) is 1.00. The van der Waals surface area contributed by atoms with Gasteiger partial charge in [-0.3, -0.25) is 0 Å². The molecule has 78 valence electrons. The third kappa shape index (κ3) is 1.87. The molecule has 0 bridgehead atoms. The summed E-state index contributed by atoms with van der Waals surface area (Å²) in [5, 5.41) is 0. The summed E-state index contributed by atoms with van der Waals surface area (Å²) in [6.45, 7) is 6.65. The minimum atomic E-state index is -3.01. The zero-order valence-corrected chi connectivity index (χ0v) is 9.26. The van der Waals surface area contributed by atoms with Crippen molar-refractivity contribution in [3.63, 3.8) is 0 Å². The van der Waals surface area contributed by atoms with Crippen molar-refractivity contribution in [1.82, 2.24) is 4.31 Å². The standard InChI is InChI=1S/C8H18N2O2S/c1-4-13(11,12)10-5-8(9,6-10)7(2)3/h7H,4-6,9H2,1-3H3. The van der Waals surface area contributed by atoms with E-state index in [1.807, 2.05) is 13.8 Å². The molecule has 2 N–H and O–H groups in total. The van der Waals surface area contributed by atoms with E-state index in [1.165, 1.54) is 4.31 Å². The van der Waals surface area contributed by atoms with Gasteiger partial charge in [0, 0.05) is 18.6 Å². The summed E-state index contributed by atoms with van der Waals surface area (Å²) in [7, 11) is -3.01.